The highest BCUT2D eigenvalue weighted by molar-refractivity contribution is 7.80. The third-order valence-electron chi connectivity index (χ3n) is 4.60. The van der Waals surface area contributed by atoms with Crippen molar-refractivity contribution >= 4 is 34.6 Å². The lowest BCUT2D eigenvalue weighted by molar-refractivity contribution is 0.174. The number of thiocarbonyl (C=S) groups is 1. The number of halogens is 1. The number of nitrogens with zero attached hydrogens (tertiary/aromatic N) is 2. The summed E-state index contributed by atoms with van der Waals surface area (Å²) in [7, 11) is 0. The summed E-state index contributed by atoms with van der Waals surface area (Å²) in [6.45, 7) is 4.98. The van der Waals surface area contributed by atoms with Crippen LogP contribution in [-0.4, -0.2) is 47.9 Å². The molecule has 1 fully saturated rings. The predicted molar refractivity (Wildman–Crippen MR) is 107 cm³/mol. The number of hydrogen-bond acceptors (Lipinski definition) is 4. The molecule has 7 heteroatoms. The Morgan fingerprint density at radius 1 is 1.00 bits per heavy atom. The summed E-state index contributed by atoms with van der Waals surface area (Å²) >= 11 is 11.5. The van der Waals surface area contributed by atoms with E-state index in [1.165, 1.54) is 5.56 Å². The smallest absolute Gasteiger partial charge is 0.231 e. The van der Waals surface area contributed by atoms with Crippen LogP contribution >= 0.6 is 23.8 Å². The van der Waals surface area contributed by atoms with Crippen LogP contribution in [0.5, 0.6) is 11.5 Å². The Labute approximate surface area is 163 Å². The predicted octanol–water partition coefficient (Wildman–Crippen LogP) is 3.58. The first-order valence-electron chi connectivity index (χ1n) is 8.60. The van der Waals surface area contributed by atoms with E-state index in [0.29, 0.717) is 0 Å². The van der Waals surface area contributed by atoms with Crippen molar-refractivity contribution in [3.8, 4) is 11.5 Å². The molecule has 2 aromatic rings. The van der Waals surface area contributed by atoms with Gasteiger partial charge in [-0.3, -0.25) is 4.90 Å². The van der Waals surface area contributed by atoms with Gasteiger partial charge < -0.3 is 19.7 Å². The van der Waals surface area contributed by atoms with Crippen molar-refractivity contribution in [2.24, 2.45) is 0 Å². The van der Waals surface area contributed by atoms with Crippen molar-refractivity contribution in [3.63, 3.8) is 0 Å². The molecule has 1 saturated heterocycles. The lowest BCUT2D eigenvalue weighted by atomic mass is 10.2. The van der Waals surface area contributed by atoms with Crippen molar-refractivity contribution in [2.45, 2.75) is 6.54 Å². The van der Waals surface area contributed by atoms with Crippen molar-refractivity contribution in [3.05, 3.63) is 53.1 Å². The zero-order valence-corrected chi connectivity index (χ0v) is 15.9. The van der Waals surface area contributed by atoms with E-state index >= 15 is 0 Å². The van der Waals surface area contributed by atoms with Crippen LogP contribution in [0.25, 0.3) is 0 Å². The highest BCUT2D eigenvalue weighted by Gasteiger charge is 2.20. The van der Waals surface area contributed by atoms with Crippen LogP contribution in [0, 0.1) is 0 Å². The summed E-state index contributed by atoms with van der Waals surface area (Å²) in [5.74, 6) is 1.53. The van der Waals surface area contributed by atoms with Crippen LogP contribution in [0.3, 0.4) is 0 Å². The minimum absolute atomic E-state index is 0.277. The number of ether oxygens (including phenoxy) is 2. The number of anilines is 1. The number of nitrogens with one attached hydrogen (secondary N) is 1. The van der Waals surface area contributed by atoms with Crippen LogP contribution in [0.2, 0.25) is 5.02 Å². The van der Waals surface area contributed by atoms with Crippen molar-refractivity contribution < 1.29 is 9.47 Å². The third-order valence-corrected chi connectivity index (χ3v) is 5.22. The molecule has 0 unspecified atom stereocenters. The Bertz CT molecular complexity index is 792. The largest absolute Gasteiger partial charge is 0.454 e. The summed E-state index contributed by atoms with van der Waals surface area (Å²) in [6, 6.07) is 13.8. The molecule has 5 nitrogen and oxygen atoms in total. The van der Waals surface area contributed by atoms with Crippen LogP contribution in [0.4, 0.5) is 5.69 Å². The highest BCUT2D eigenvalue weighted by atomic mass is 35.5. The molecule has 2 aliphatic rings. The summed E-state index contributed by atoms with van der Waals surface area (Å²) in [6.07, 6.45) is 0. The second kappa shape index (κ2) is 7.70. The Hall–Kier alpha value is -2.02. The van der Waals surface area contributed by atoms with Crippen LogP contribution < -0.4 is 14.8 Å². The second-order valence-electron chi connectivity index (χ2n) is 6.39. The van der Waals surface area contributed by atoms with Gasteiger partial charge in [0.1, 0.15) is 0 Å². The molecule has 2 aliphatic heterocycles. The lowest BCUT2D eigenvalue weighted by Gasteiger charge is -2.36. The Balaban J connectivity index is 1.28. The third kappa shape index (κ3) is 4.03. The second-order valence-corrected chi connectivity index (χ2v) is 7.21. The molecule has 0 bridgehead atoms. The molecular weight excluding hydrogens is 370 g/mol. The van der Waals surface area contributed by atoms with Crippen molar-refractivity contribution in [2.75, 3.05) is 38.3 Å². The molecule has 0 radical (unpaired) electrons. The van der Waals surface area contributed by atoms with Gasteiger partial charge in [0.05, 0.1) is 0 Å². The number of rotatable bonds is 3. The molecule has 4 rings (SSSR count). The summed E-state index contributed by atoms with van der Waals surface area (Å²) in [5, 5.41) is 4.82. The molecule has 0 aromatic heterocycles. The SMILES string of the molecule is S=C(Nc1ccc2c(c1)OCO2)N1CCN(Cc2ccc(Cl)cc2)CC1. The first-order chi connectivity index (χ1) is 12.7. The molecule has 2 aromatic carbocycles. The summed E-state index contributed by atoms with van der Waals surface area (Å²) in [5.41, 5.74) is 2.20. The average Bonchev–Trinajstić information content (AvgIpc) is 3.12. The molecule has 0 amide bonds. The summed E-state index contributed by atoms with van der Waals surface area (Å²) < 4.78 is 10.7. The first kappa shape index (κ1) is 17.4. The van der Waals surface area contributed by atoms with Crippen molar-refractivity contribution in [1.82, 2.24) is 9.80 Å². The molecule has 0 saturated carbocycles. The maximum absolute atomic E-state index is 5.95. The monoisotopic (exact) mass is 389 g/mol. The molecule has 0 spiro atoms. The van der Waals surface area contributed by atoms with Gasteiger partial charge in [0, 0.05) is 49.5 Å². The van der Waals surface area contributed by atoms with E-state index in [0.717, 1.165) is 60.0 Å². The number of fused-ring (bicyclic) bond motifs is 1. The zero-order valence-electron chi connectivity index (χ0n) is 14.3. The van der Waals surface area contributed by atoms with Crippen LogP contribution in [-0.2, 0) is 6.54 Å². The van der Waals surface area contributed by atoms with Crippen LogP contribution in [0.15, 0.2) is 42.5 Å². The van der Waals surface area contributed by atoms with Gasteiger partial charge in [-0.25, -0.2) is 0 Å². The van der Waals surface area contributed by atoms with Gasteiger partial charge in [-0.15, -0.1) is 0 Å². The molecule has 1 N–H and O–H groups in total. The van der Waals surface area contributed by atoms with E-state index in [4.69, 9.17) is 33.3 Å². The number of hydrogen-bond donors (Lipinski definition) is 1. The number of benzene rings is 2. The Morgan fingerprint density at radius 2 is 1.73 bits per heavy atom. The molecular formula is C19H20ClN3O2S. The normalized spacial score (nSPS) is 16.6. The highest BCUT2D eigenvalue weighted by Crippen LogP contribution is 2.34. The van der Waals surface area contributed by atoms with Gasteiger partial charge in [-0.2, -0.15) is 0 Å². The maximum Gasteiger partial charge on any atom is 0.231 e. The van der Waals surface area contributed by atoms with Gasteiger partial charge in [0.2, 0.25) is 6.79 Å². The van der Waals surface area contributed by atoms with E-state index in [2.05, 4.69) is 27.2 Å². The maximum atomic E-state index is 5.95. The van der Waals surface area contributed by atoms with E-state index in [-0.39, 0.29) is 6.79 Å². The van der Waals surface area contributed by atoms with Gasteiger partial charge in [-0.05, 0) is 42.0 Å². The lowest BCUT2D eigenvalue weighted by Crippen LogP contribution is -2.49. The fraction of sp³-hybridized carbons (Fsp3) is 0.316. The zero-order chi connectivity index (χ0) is 17.9. The van der Waals surface area contributed by atoms with Gasteiger partial charge >= 0.3 is 0 Å². The summed E-state index contributed by atoms with van der Waals surface area (Å²) in [4.78, 5) is 4.64. The fourth-order valence-electron chi connectivity index (χ4n) is 3.13. The van der Waals surface area contributed by atoms with Crippen LogP contribution in [0.1, 0.15) is 5.56 Å². The topological polar surface area (TPSA) is 37.0 Å². The van der Waals surface area contributed by atoms with E-state index in [1.54, 1.807) is 0 Å². The molecule has 136 valence electrons. The van der Waals surface area contributed by atoms with Gasteiger partial charge in [0.25, 0.3) is 0 Å². The minimum Gasteiger partial charge on any atom is -0.454 e. The standard InChI is InChI=1S/C19H20ClN3O2S/c20-15-3-1-14(2-4-15)12-22-7-9-23(10-8-22)19(26)21-16-5-6-17-18(11-16)25-13-24-17/h1-6,11H,7-10,12-13H2,(H,21,26). The van der Waals surface area contributed by atoms with E-state index < -0.39 is 0 Å². The Kier molecular flexibility index (Phi) is 5.15. The molecule has 26 heavy (non-hydrogen) atoms. The van der Waals surface area contributed by atoms with Crippen molar-refractivity contribution in [1.29, 1.82) is 0 Å². The van der Waals surface area contributed by atoms with Gasteiger partial charge in [-0.1, -0.05) is 23.7 Å². The fourth-order valence-corrected chi connectivity index (χ4v) is 3.56. The molecule has 0 atom stereocenters. The first-order valence-corrected chi connectivity index (χ1v) is 9.38. The average molecular weight is 390 g/mol. The molecule has 0 aliphatic carbocycles. The Morgan fingerprint density at radius 3 is 2.50 bits per heavy atom. The quantitative estimate of drug-likeness (QED) is 0.809. The molecule has 2 heterocycles. The minimum atomic E-state index is 0.277. The van der Waals surface area contributed by atoms with E-state index in [9.17, 15) is 0 Å². The van der Waals surface area contributed by atoms with Gasteiger partial charge in [0.15, 0.2) is 16.6 Å². The van der Waals surface area contributed by atoms with E-state index in [1.807, 2.05) is 30.3 Å². The number of piperazine rings is 1.